The Hall–Kier alpha value is -3.05. The van der Waals surface area contributed by atoms with Gasteiger partial charge in [0, 0.05) is 19.6 Å². The quantitative estimate of drug-likeness (QED) is 0.627. The van der Waals surface area contributed by atoms with E-state index in [4.69, 9.17) is 21.7 Å². The molecule has 142 valence electrons. The van der Waals surface area contributed by atoms with E-state index in [0.717, 1.165) is 35.3 Å². The van der Waals surface area contributed by atoms with Crippen molar-refractivity contribution in [2.75, 3.05) is 6.79 Å². The number of ether oxygens (including phenoxy) is 2. The van der Waals surface area contributed by atoms with E-state index in [0.29, 0.717) is 6.54 Å². The molecule has 3 aromatic rings. The zero-order valence-electron chi connectivity index (χ0n) is 15.5. The van der Waals surface area contributed by atoms with Gasteiger partial charge >= 0.3 is 0 Å². The molecule has 0 aliphatic carbocycles. The van der Waals surface area contributed by atoms with Crippen LogP contribution >= 0.6 is 12.2 Å². The summed E-state index contributed by atoms with van der Waals surface area (Å²) < 4.78 is 10.8. The SMILES string of the molecule is S=C(NCc1ccc2c(c1)OCO2)N(Cc1ccccc1)Cc1ccccc1. The maximum atomic E-state index is 5.73. The fraction of sp³-hybridized carbons (Fsp3) is 0.174. The molecule has 4 nitrogen and oxygen atoms in total. The Morgan fingerprint density at radius 1 is 0.786 bits per heavy atom. The van der Waals surface area contributed by atoms with Crippen LogP contribution in [-0.4, -0.2) is 16.8 Å². The highest BCUT2D eigenvalue weighted by Crippen LogP contribution is 2.32. The molecule has 1 heterocycles. The summed E-state index contributed by atoms with van der Waals surface area (Å²) in [6.45, 7) is 2.42. The van der Waals surface area contributed by atoms with Gasteiger partial charge in [-0.05, 0) is 41.0 Å². The Morgan fingerprint density at radius 3 is 2.04 bits per heavy atom. The van der Waals surface area contributed by atoms with Gasteiger partial charge in [-0.25, -0.2) is 0 Å². The second-order valence-corrected chi connectivity index (χ2v) is 7.06. The van der Waals surface area contributed by atoms with Gasteiger partial charge in [0.1, 0.15) is 0 Å². The van der Waals surface area contributed by atoms with Crippen LogP contribution in [0, 0.1) is 0 Å². The molecule has 1 N–H and O–H groups in total. The molecule has 0 saturated carbocycles. The van der Waals surface area contributed by atoms with Crippen molar-refractivity contribution in [3.05, 3.63) is 95.6 Å². The molecule has 1 aliphatic heterocycles. The summed E-state index contributed by atoms with van der Waals surface area (Å²) in [7, 11) is 0. The average molecular weight is 391 g/mol. The first-order chi connectivity index (χ1) is 13.8. The smallest absolute Gasteiger partial charge is 0.231 e. The lowest BCUT2D eigenvalue weighted by atomic mass is 10.1. The minimum absolute atomic E-state index is 0.284. The first-order valence-electron chi connectivity index (χ1n) is 9.27. The van der Waals surface area contributed by atoms with E-state index in [1.165, 1.54) is 11.1 Å². The highest BCUT2D eigenvalue weighted by atomic mass is 32.1. The fourth-order valence-electron chi connectivity index (χ4n) is 3.15. The molecule has 0 unspecified atom stereocenters. The molecule has 0 spiro atoms. The first-order valence-corrected chi connectivity index (χ1v) is 9.68. The van der Waals surface area contributed by atoms with Crippen LogP contribution in [-0.2, 0) is 19.6 Å². The Kier molecular flexibility index (Phi) is 5.73. The van der Waals surface area contributed by atoms with Gasteiger partial charge in [0.15, 0.2) is 16.6 Å². The fourth-order valence-corrected chi connectivity index (χ4v) is 3.35. The van der Waals surface area contributed by atoms with Crippen molar-refractivity contribution >= 4 is 17.3 Å². The minimum atomic E-state index is 0.284. The molecule has 1 aliphatic rings. The summed E-state index contributed by atoms with van der Waals surface area (Å²) >= 11 is 5.73. The van der Waals surface area contributed by atoms with Crippen LogP contribution in [0.5, 0.6) is 11.5 Å². The topological polar surface area (TPSA) is 33.7 Å². The monoisotopic (exact) mass is 390 g/mol. The van der Waals surface area contributed by atoms with Gasteiger partial charge in [-0.15, -0.1) is 0 Å². The van der Waals surface area contributed by atoms with Crippen molar-refractivity contribution in [2.24, 2.45) is 0 Å². The summed E-state index contributed by atoms with van der Waals surface area (Å²) in [5.74, 6) is 1.58. The van der Waals surface area contributed by atoms with Crippen molar-refractivity contribution in [1.29, 1.82) is 0 Å². The lowest BCUT2D eigenvalue weighted by molar-refractivity contribution is 0.174. The van der Waals surface area contributed by atoms with Gasteiger partial charge in [-0.1, -0.05) is 66.7 Å². The summed E-state index contributed by atoms with van der Waals surface area (Å²) in [4.78, 5) is 2.19. The number of rotatable bonds is 6. The van der Waals surface area contributed by atoms with E-state index in [9.17, 15) is 0 Å². The van der Waals surface area contributed by atoms with E-state index in [2.05, 4.69) is 58.7 Å². The highest BCUT2D eigenvalue weighted by molar-refractivity contribution is 7.80. The summed E-state index contributed by atoms with van der Waals surface area (Å²) in [5, 5.41) is 4.12. The third-order valence-electron chi connectivity index (χ3n) is 4.60. The Balaban J connectivity index is 1.44. The van der Waals surface area contributed by atoms with E-state index in [-0.39, 0.29) is 6.79 Å². The number of nitrogens with one attached hydrogen (secondary N) is 1. The Labute approximate surface area is 170 Å². The molecule has 0 radical (unpaired) electrons. The van der Waals surface area contributed by atoms with Crippen LogP contribution in [0.15, 0.2) is 78.9 Å². The molecule has 0 fully saturated rings. The lowest BCUT2D eigenvalue weighted by Gasteiger charge is -2.26. The minimum Gasteiger partial charge on any atom is -0.454 e. The predicted molar refractivity (Wildman–Crippen MR) is 114 cm³/mol. The molecule has 28 heavy (non-hydrogen) atoms. The van der Waals surface area contributed by atoms with Crippen LogP contribution in [0.2, 0.25) is 0 Å². The standard InChI is InChI=1S/C23H22N2O2S/c28-23(24-14-20-11-12-21-22(13-20)27-17-26-21)25(15-18-7-3-1-4-8-18)16-19-9-5-2-6-10-19/h1-13H,14-17H2,(H,24,28). The van der Waals surface area contributed by atoms with Gasteiger partial charge in [0.25, 0.3) is 0 Å². The van der Waals surface area contributed by atoms with Gasteiger partial charge in [-0.2, -0.15) is 0 Å². The molecule has 5 heteroatoms. The summed E-state index contributed by atoms with van der Waals surface area (Å²) in [6.07, 6.45) is 0. The second-order valence-electron chi connectivity index (χ2n) is 6.67. The zero-order chi connectivity index (χ0) is 19.2. The van der Waals surface area contributed by atoms with E-state index >= 15 is 0 Å². The van der Waals surface area contributed by atoms with Crippen LogP contribution in [0.25, 0.3) is 0 Å². The molecule has 0 bridgehead atoms. The first kappa shape index (κ1) is 18.3. The van der Waals surface area contributed by atoms with Crippen molar-refractivity contribution in [3.63, 3.8) is 0 Å². The number of nitrogens with zero attached hydrogens (tertiary/aromatic N) is 1. The lowest BCUT2D eigenvalue weighted by Crippen LogP contribution is -2.38. The molecule has 0 atom stereocenters. The van der Waals surface area contributed by atoms with Crippen molar-refractivity contribution in [2.45, 2.75) is 19.6 Å². The maximum absolute atomic E-state index is 5.73. The number of thiocarbonyl (C=S) groups is 1. The number of benzene rings is 3. The van der Waals surface area contributed by atoms with Crippen LogP contribution in [0.1, 0.15) is 16.7 Å². The van der Waals surface area contributed by atoms with Gasteiger partial charge in [-0.3, -0.25) is 0 Å². The van der Waals surface area contributed by atoms with E-state index in [1.54, 1.807) is 0 Å². The van der Waals surface area contributed by atoms with Crippen molar-refractivity contribution in [1.82, 2.24) is 10.2 Å². The normalized spacial score (nSPS) is 11.9. The molecular formula is C23H22N2O2S. The summed E-state index contributed by atoms with van der Waals surface area (Å²) in [6, 6.07) is 26.7. The second kappa shape index (κ2) is 8.76. The van der Waals surface area contributed by atoms with Gasteiger partial charge in [0.2, 0.25) is 6.79 Å². The maximum Gasteiger partial charge on any atom is 0.231 e. The predicted octanol–water partition coefficient (Wildman–Crippen LogP) is 4.49. The van der Waals surface area contributed by atoms with Gasteiger partial charge in [0.05, 0.1) is 0 Å². The van der Waals surface area contributed by atoms with Crippen LogP contribution in [0.4, 0.5) is 0 Å². The Morgan fingerprint density at radius 2 is 1.39 bits per heavy atom. The third kappa shape index (κ3) is 4.61. The molecule has 0 saturated heterocycles. The molecule has 4 rings (SSSR count). The van der Waals surface area contributed by atoms with Crippen LogP contribution in [0.3, 0.4) is 0 Å². The average Bonchev–Trinajstić information content (AvgIpc) is 3.21. The highest BCUT2D eigenvalue weighted by Gasteiger charge is 2.15. The molecule has 3 aromatic carbocycles. The summed E-state index contributed by atoms with van der Waals surface area (Å²) in [5.41, 5.74) is 3.56. The number of hydrogen-bond donors (Lipinski definition) is 1. The zero-order valence-corrected chi connectivity index (χ0v) is 16.3. The van der Waals surface area contributed by atoms with Crippen molar-refractivity contribution < 1.29 is 9.47 Å². The van der Waals surface area contributed by atoms with E-state index < -0.39 is 0 Å². The van der Waals surface area contributed by atoms with E-state index in [1.807, 2.05) is 30.3 Å². The molecular weight excluding hydrogens is 368 g/mol. The molecule has 0 amide bonds. The molecule has 0 aromatic heterocycles. The number of hydrogen-bond acceptors (Lipinski definition) is 3. The third-order valence-corrected chi connectivity index (χ3v) is 5.00. The van der Waals surface area contributed by atoms with Crippen molar-refractivity contribution in [3.8, 4) is 11.5 Å². The Bertz CT molecular complexity index is 890. The van der Waals surface area contributed by atoms with Crippen LogP contribution < -0.4 is 14.8 Å². The number of fused-ring (bicyclic) bond motifs is 1. The largest absolute Gasteiger partial charge is 0.454 e. The van der Waals surface area contributed by atoms with Gasteiger partial charge < -0.3 is 19.7 Å².